The maximum Gasteiger partial charge on any atom is 0.348 e. The number of esters is 1. The van der Waals surface area contributed by atoms with Crippen LogP contribution in [0.1, 0.15) is 29.5 Å². The molecule has 0 aliphatic carbocycles. The number of carbonyl (C=O) groups excluding carboxylic acids is 1. The zero-order valence-corrected chi connectivity index (χ0v) is 20.1. The molecular weight excluding hydrogens is 460 g/mol. The largest absolute Gasteiger partial charge is 0.497 e. The van der Waals surface area contributed by atoms with Gasteiger partial charge in [-0.25, -0.2) is 9.59 Å². The van der Waals surface area contributed by atoms with Crippen molar-refractivity contribution in [3.05, 3.63) is 99.9 Å². The van der Waals surface area contributed by atoms with Crippen molar-refractivity contribution in [2.45, 2.75) is 25.4 Å². The van der Waals surface area contributed by atoms with Gasteiger partial charge in [0.1, 0.15) is 22.8 Å². The van der Waals surface area contributed by atoms with E-state index in [9.17, 15) is 9.59 Å². The van der Waals surface area contributed by atoms with E-state index < -0.39 is 23.6 Å². The van der Waals surface area contributed by atoms with Gasteiger partial charge in [-0.1, -0.05) is 36.4 Å². The van der Waals surface area contributed by atoms with Crippen LogP contribution < -0.4 is 19.8 Å². The summed E-state index contributed by atoms with van der Waals surface area (Å²) < 4.78 is 28.0. The van der Waals surface area contributed by atoms with E-state index in [-0.39, 0.29) is 6.61 Å². The van der Waals surface area contributed by atoms with Crippen LogP contribution in [0.5, 0.6) is 17.2 Å². The lowest BCUT2D eigenvalue weighted by Gasteiger charge is -2.18. The highest BCUT2D eigenvalue weighted by atomic mass is 16.6. The Morgan fingerprint density at radius 3 is 2.39 bits per heavy atom. The molecular formula is C29H26O7. The average Bonchev–Trinajstić information content (AvgIpc) is 3.32. The second-order valence-electron chi connectivity index (χ2n) is 8.41. The van der Waals surface area contributed by atoms with Crippen LogP contribution in [-0.2, 0) is 16.0 Å². The quantitative estimate of drug-likeness (QED) is 0.259. The minimum atomic E-state index is -0.990. The normalized spacial score (nSPS) is 16.3. The van der Waals surface area contributed by atoms with Crippen LogP contribution >= 0.6 is 0 Å². The van der Waals surface area contributed by atoms with Crippen molar-refractivity contribution < 1.29 is 28.2 Å². The highest BCUT2D eigenvalue weighted by Gasteiger charge is 2.45. The van der Waals surface area contributed by atoms with Crippen molar-refractivity contribution in [1.29, 1.82) is 0 Å². The Hall–Kier alpha value is -4.26. The minimum absolute atomic E-state index is 0.206. The van der Waals surface area contributed by atoms with E-state index in [0.29, 0.717) is 34.6 Å². The highest BCUT2D eigenvalue weighted by molar-refractivity contribution is 5.88. The summed E-state index contributed by atoms with van der Waals surface area (Å²) in [5.74, 6) is 0.681. The Kier molecular flexibility index (Phi) is 6.62. The predicted molar refractivity (Wildman–Crippen MR) is 134 cm³/mol. The first kappa shape index (κ1) is 23.5. The van der Waals surface area contributed by atoms with Gasteiger partial charge in [0.2, 0.25) is 6.10 Å². The lowest BCUT2D eigenvalue weighted by molar-refractivity contribution is -0.151. The van der Waals surface area contributed by atoms with Crippen LogP contribution in [-0.4, -0.2) is 32.4 Å². The van der Waals surface area contributed by atoms with Crippen molar-refractivity contribution >= 4 is 16.9 Å². The van der Waals surface area contributed by atoms with Crippen LogP contribution in [0.2, 0.25) is 0 Å². The van der Waals surface area contributed by atoms with Gasteiger partial charge in [0.15, 0.2) is 0 Å². The molecule has 0 N–H and O–H groups in total. The third-order valence-electron chi connectivity index (χ3n) is 6.23. The molecule has 0 bridgehead atoms. The molecule has 184 valence electrons. The molecule has 1 aliphatic rings. The van der Waals surface area contributed by atoms with Crippen LogP contribution in [0, 0.1) is 0 Å². The number of hydrogen-bond donors (Lipinski definition) is 0. The number of ether oxygens (including phenoxy) is 4. The van der Waals surface area contributed by atoms with E-state index in [1.165, 1.54) is 0 Å². The fourth-order valence-electron chi connectivity index (χ4n) is 4.48. The first-order valence-electron chi connectivity index (χ1n) is 11.8. The van der Waals surface area contributed by atoms with Gasteiger partial charge in [0.25, 0.3) is 0 Å². The van der Waals surface area contributed by atoms with Gasteiger partial charge in [0.05, 0.1) is 37.2 Å². The number of para-hydroxylation sites is 1. The summed E-state index contributed by atoms with van der Waals surface area (Å²) in [6.07, 6.45) is -0.246. The summed E-state index contributed by atoms with van der Waals surface area (Å²) in [5.41, 5.74) is 2.07. The molecule has 2 heterocycles. The zero-order valence-electron chi connectivity index (χ0n) is 20.1. The van der Waals surface area contributed by atoms with Crippen molar-refractivity contribution in [3.8, 4) is 17.2 Å². The summed E-state index contributed by atoms with van der Waals surface area (Å²) in [7, 11) is 1.64. The Morgan fingerprint density at radius 1 is 0.944 bits per heavy atom. The first-order chi connectivity index (χ1) is 17.6. The van der Waals surface area contributed by atoms with Crippen molar-refractivity contribution in [1.82, 2.24) is 0 Å². The van der Waals surface area contributed by atoms with E-state index in [1.54, 1.807) is 26.2 Å². The molecule has 4 aromatic rings. The number of fused-ring (bicyclic) bond motifs is 3. The minimum Gasteiger partial charge on any atom is -0.497 e. The van der Waals surface area contributed by atoms with E-state index in [4.69, 9.17) is 23.4 Å². The van der Waals surface area contributed by atoms with Gasteiger partial charge >= 0.3 is 11.6 Å². The summed E-state index contributed by atoms with van der Waals surface area (Å²) in [5, 5.41) is 0.641. The van der Waals surface area contributed by atoms with Crippen LogP contribution in [0.15, 0.2) is 82.0 Å². The van der Waals surface area contributed by atoms with Crippen molar-refractivity contribution in [2.24, 2.45) is 0 Å². The molecule has 3 aromatic carbocycles. The molecule has 0 amide bonds. The Labute approximate surface area is 208 Å². The third-order valence-corrected chi connectivity index (χ3v) is 6.23. The predicted octanol–water partition coefficient (Wildman–Crippen LogP) is 4.88. The first-order valence-corrected chi connectivity index (χ1v) is 11.8. The Balaban J connectivity index is 1.39. The molecule has 7 nitrogen and oxygen atoms in total. The molecule has 0 unspecified atom stereocenters. The second kappa shape index (κ2) is 10.2. The topological polar surface area (TPSA) is 84.2 Å². The second-order valence-corrected chi connectivity index (χ2v) is 8.41. The summed E-state index contributed by atoms with van der Waals surface area (Å²) in [6.45, 7) is 2.44. The van der Waals surface area contributed by atoms with E-state index in [2.05, 4.69) is 0 Å². The highest BCUT2D eigenvalue weighted by Crippen LogP contribution is 2.44. The Morgan fingerprint density at radius 2 is 1.67 bits per heavy atom. The molecule has 2 atom stereocenters. The molecule has 0 spiro atoms. The van der Waals surface area contributed by atoms with Crippen LogP contribution in [0.3, 0.4) is 0 Å². The molecule has 5 rings (SSSR count). The van der Waals surface area contributed by atoms with Gasteiger partial charge in [0, 0.05) is 6.42 Å². The van der Waals surface area contributed by atoms with Gasteiger partial charge in [-0.2, -0.15) is 0 Å². The van der Waals surface area contributed by atoms with Gasteiger partial charge in [-0.3, -0.25) is 0 Å². The molecule has 36 heavy (non-hydrogen) atoms. The molecule has 0 radical (unpaired) electrons. The molecule has 0 fully saturated rings. The zero-order chi connectivity index (χ0) is 25.1. The summed E-state index contributed by atoms with van der Waals surface area (Å²) >= 11 is 0. The maximum absolute atomic E-state index is 13.0. The summed E-state index contributed by atoms with van der Waals surface area (Å²) in [6, 6.07) is 22.3. The Bertz CT molecular complexity index is 1420. The number of hydrogen-bond acceptors (Lipinski definition) is 7. The lowest BCUT2D eigenvalue weighted by atomic mass is 9.88. The summed E-state index contributed by atoms with van der Waals surface area (Å²) in [4.78, 5) is 25.8. The molecule has 0 saturated carbocycles. The van der Waals surface area contributed by atoms with E-state index in [1.807, 2.05) is 60.7 Å². The van der Waals surface area contributed by atoms with Gasteiger partial charge < -0.3 is 23.4 Å². The van der Waals surface area contributed by atoms with Crippen molar-refractivity contribution in [2.75, 3.05) is 20.3 Å². The number of carbonyl (C=O) groups is 1. The fraction of sp³-hybridized carbons (Fsp3) is 0.241. The SMILES string of the molecule is CCOC(=O)[C@H]1Oc2c(c(=O)oc3ccccc23)[C@@H]1c1ccc(OCCc2ccc(OC)cc2)cc1. The standard InChI is InChI=1S/C29H26O7/c1-3-33-29(31)27-24(25-26(36-27)22-6-4-5-7-23(22)35-28(25)30)19-10-14-21(15-11-19)34-17-16-18-8-12-20(32-2)13-9-18/h4-15,24,27H,3,16-17H2,1-2H3/t24-,27-/m0/s1. The average molecular weight is 487 g/mol. The van der Waals surface area contributed by atoms with E-state index in [0.717, 1.165) is 23.3 Å². The molecule has 7 heteroatoms. The maximum atomic E-state index is 13.0. The number of benzene rings is 3. The van der Waals surface area contributed by atoms with E-state index >= 15 is 0 Å². The van der Waals surface area contributed by atoms with Crippen LogP contribution in [0.4, 0.5) is 0 Å². The number of methoxy groups -OCH3 is 1. The third kappa shape index (κ3) is 4.52. The molecule has 0 saturated heterocycles. The molecule has 1 aliphatic heterocycles. The smallest absolute Gasteiger partial charge is 0.348 e. The monoisotopic (exact) mass is 486 g/mol. The lowest BCUT2D eigenvalue weighted by Crippen LogP contribution is -2.32. The van der Waals surface area contributed by atoms with Crippen molar-refractivity contribution in [3.63, 3.8) is 0 Å². The van der Waals surface area contributed by atoms with Gasteiger partial charge in [-0.15, -0.1) is 0 Å². The van der Waals surface area contributed by atoms with Crippen LogP contribution in [0.25, 0.3) is 11.0 Å². The fourth-order valence-corrected chi connectivity index (χ4v) is 4.48. The number of rotatable bonds is 8. The molecule has 1 aromatic heterocycles. The van der Waals surface area contributed by atoms with Gasteiger partial charge in [-0.05, 0) is 54.4 Å².